The van der Waals surface area contributed by atoms with Gasteiger partial charge in [-0.25, -0.2) is 4.39 Å². The highest BCUT2D eigenvalue weighted by atomic mass is 35.5. The molecular weight excluding hydrogens is 402 g/mol. The van der Waals surface area contributed by atoms with Crippen molar-refractivity contribution in [1.29, 1.82) is 0 Å². The Morgan fingerprint density at radius 2 is 1.24 bits per heavy atom. The molecule has 0 saturated heterocycles. The lowest BCUT2D eigenvalue weighted by atomic mass is 9.75. The van der Waals surface area contributed by atoms with Gasteiger partial charge < -0.3 is 9.64 Å². The first-order valence-electron chi connectivity index (χ1n) is 7.08. The van der Waals surface area contributed by atoms with Crippen LogP contribution in [0.1, 0.15) is 27.2 Å². The van der Waals surface area contributed by atoms with Gasteiger partial charge in [0, 0.05) is 13.7 Å². The summed E-state index contributed by atoms with van der Waals surface area (Å²) in [7, 11) is 3.94. The number of hydrogen-bond acceptors (Lipinski definition) is 2. The van der Waals surface area contributed by atoms with Crippen molar-refractivity contribution in [3.63, 3.8) is 0 Å². The van der Waals surface area contributed by atoms with Crippen molar-refractivity contribution in [2.24, 2.45) is 5.41 Å². The molecule has 2 nitrogen and oxygen atoms in total. The molecule has 0 saturated carbocycles. The predicted molar refractivity (Wildman–Crippen MR) is 82.8 cm³/mol. The summed E-state index contributed by atoms with van der Waals surface area (Å²) in [4.78, 5) is 1.61. The van der Waals surface area contributed by atoms with Crippen LogP contribution in [-0.4, -0.2) is 60.6 Å². The molecule has 2 unspecified atom stereocenters. The molecule has 0 aromatic carbocycles. The maximum atomic E-state index is 14.5. The van der Waals surface area contributed by atoms with Crippen molar-refractivity contribution in [2.75, 3.05) is 27.7 Å². The van der Waals surface area contributed by atoms with Gasteiger partial charge >= 0.3 is 22.4 Å². The van der Waals surface area contributed by atoms with Gasteiger partial charge in [-0.1, -0.05) is 25.4 Å². The van der Waals surface area contributed by atoms with Crippen LogP contribution >= 0.6 is 23.2 Å². The Hall–Kier alpha value is 0.01000. The lowest BCUT2D eigenvalue weighted by Crippen LogP contribution is -2.68. The molecule has 2 atom stereocenters. The average Bonchev–Trinajstić information content (AvgIpc) is 2.34. The zero-order valence-electron chi connectivity index (χ0n) is 14.7. The van der Waals surface area contributed by atoms with Crippen molar-refractivity contribution in [3.8, 4) is 0 Å². The largest absolute Gasteiger partial charge is 0.375 e. The maximum absolute atomic E-state index is 14.5. The van der Waals surface area contributed by atoms with Gasteiger partial charge in [-0.15, -0.1) is 0 Å². The van der Waals surface area contributed by atoms with E-state index in [0.29, 0.717) is 14.0 Å². The Kier molecular flexibility index (Phi) is 7.21. The first kappa shape index (κ1) is 25.0. The highest BCUT2D eigenvalue weighted by Crippen LogP contribution is 2.59. The third-order valence-electron chi connectivity index (χ3n) is 3.82. The fourth-order valence-electron chi connectivity index (χ4n) is 2.84. The fraction of sp³-hybridized carbons (Fsp3) is 1.00. The second kappa shape index (κ2) is 7.20. The number of hydrogen-bond donors (Lipinski definition) is 0. The SMILES string of the molecule is COC(C)(CC(C)(C)CN(C)C)C(F)(F)C(F)(F)C(F)(Cl)C(F)(F)Cl. The van der Waals surface area contributed by atoms with E-state index in [4.69, 9.17) is 0 Å². The molecular formula is C14H22Cl2F7NO. The molecule has 0 aromatic rings. The standard InChI is InChI=1S/C14H22Cl2F7NO/c1-9(2,8-24(4)5)7-10(3,25-6)12(18,19)13(20,21)11(15,17)14(16,22)23/h7-8H2,1-6H3. The molecule has 0 N–H and O–H groups in total. The normalized spacial score (nSPS) is 19.7. The van der Waals surface area contributed by atoms with Crippen LogP contribution in [0.2, 0.25) is 0 Å². The summed E-state index contributed by atoms with van der Waals surface area (Å²) in [5, 5.41) is -11.0. The zero-order chi connectivity index (χ0) is 20.7. The highest BCUT2D eigenvalue weighted by Gasteiger charge is 2.82. The number of nitrogens with zero attached hydrogens (tertiary/aromatic N) is 1. The van der Waals surface area contributed by atoms with E-state index < -0.39 is 39.8 Å². The van der Waals surface area contributed by atoms with E-state index in [-0.39, 0.29) is 6.54 Å². The van der Waals surface area contributed by atoms with Crippen LogP contribution in [0, 0.1) is 5.41 Å². The lowest BCUT2D eigenvalue weighted by Gasteiger charge is -2.46. The fourth-order valence-corrected chi connectivity index (χ4v) is 3.08. The maximum Gasteiger partial charge on any atom is 0.375 e. The number of halogens is 9. The van der Waals surface area contributed by atoms with E-state index in [2.05, 4.69) is 27.9 Å². The Morgan fingerprint density at radius 3 is 1.52 bits per heavy atom. The Labute approximate surface area is 152 Å². The minimum absolute atomic E-state index is 0.181. The lowest BCUT2D eigenvalue weighted by molar-refractivity contribution is -0.338. The smallest absolute Gasteiger partial charge is 0.372 e. The van der Waals surface area contributed by atoms with E-state index in [1.165, 1.54) is 13.8 Å². The second-order valence-corrected chi connectivity index (χ2v) is 8.23. The van der Waals surface area contributed by atoms with Crippen molar-refractivity contribution in [1.82, 2.24) is 4.90 Å². The van der Waals surface area contributed by atoms with Crippen LogP contribution < -0.4 is 0 Å². The molecule has 0 aliphatic rings. The zero-order valence-corrected chi connectivity index (χ0v) is 16.2. The summed E-state index contributed by atoms with van der Waals surface area (Å²) in [6.07, 6.45) is -0.710. The van der Waals surface area contributed by atoms with Gasteiger partial charge in [0.25, 0.3) is 0 Å². The molecule has 0 bridgehead atoms. The Balaban J connectivity index is 6.06. The molecule has 0 radical (unpaired) electrons. The second-order valence-electron chi connectivity index (χ2n) is 7.23. The van der Waals surface area contributed by atoms with Gasteiger partial charge in [0.1, 0.15) is 5.60 Å². The first-order valence-corrected chi connectivity index (χ1v) is 7.84. The minimum Gasteiger partial charge on any atom is -0.372 e. The van der Waals surface area contributed by atoms with Gasteiger partial charge in [-0.2, -0.15) is 26.3 Å². The van der Waals surface area contributed by atoms with Crippen molar-refractivity contribution in [3.05, 3.63) is 0 Å². The molecule has 0 amide bonds. The third kappa shape index (κ3) is 4.65. The monoisotopic (exact) mass is 423 g/mol. The van der Waals surface area contributed by atoms with Crippen LogP contribution in [0.5, 0.6) is 0 Å². The number of rotatable bonds is 9. The van der Waals surface area contributed by atoms with E-state index in [1.807, 2.05) is 0 Å². The minimum atomic E-state index is -6.04. The van der Waals surface area contributed by atoms with Gasteiger partial charge in [0.2, 0.25) is 0 Å². The Morgan fingerprint density at radius 1 is 0.840 bits per heavy atom. The van der Waals surface area contributed by atoms with Crippen molar-refractivity contribution >= 4 is 23.2 Å². The van der Waals surface area contributed by atoms with Crippen LogP contribution in [0.25, 0.3) is 0 Å². The molecule has 0 rings (SSSR count). The van der Waals surface area contributed by atoms with Crippen LogP contribution in [-0.2, 0) is 4.74 Å². The van der Waals surface area contributed by atoms with Gasteiger partial charge in [-0.05, 0) is 44.5 Å². The average molecular weight is 424 g/mol. The molecule has 0 aliphatic carbocycles. The van der Waals surface area contributed by atoms with E-state index in [0.717, 1.165) is 0 Å². The van der Waals surface area contributed by atoms with Gasteiger partial charge in [0.15, 0.2) is 0 Å². The summed E-state index contributed by atoms with van der Waals surface area (Å²) in [6.45, 7) is 3.73. The van der Waals surface area contributed by atoms with E-state index in [1.54, 1.807) is 19.0 Å². The summed E-state index contributed by atoms with van der Waals surface area (Å²) in [5.74, 6) is -11.4. The molecule has 0 fully saturated rings. The quantitative estimate of drug-likeness (QED) is 0.364. The first-order chi connectivity index (χ1) is 10.7. The molecule has 0 spiro atoms. The van der Waals surface area contributed by atoms with Crippen molar-refractivity contribution < 1.29 is 35.5 Å². The third-order valence-corrected chi connectivity index (χ3v) is 4.65. The number of alkyl halides is 9. The topological polar surface area (TPSA) is 12.5 Å². The van der Waals surface area contributed by atoms with Gasteiger partial charge in [-0.3, -0.25) is 0 Å². The van der Waals surface area contributed by atoms with E-state index >= 15 is 0 Å². The molecule has 152 valence electrons. The van der Waals surface area contributed by atoms with Gasteiger partial charge in [0.05, 0.1) is 0 Å². The van der Waals surface area contributed by atoms with Crippen molar-refractivity contribution in [2.45, 2.75) is 55.1 Å². The summed E-state index contributed by atoms with van der Waals surface area (Å²) in [6, 6.07) is 0. The number of methoxy groups -OCH3 is 1. The highest BCUT2D eigenvalue weighted by molar-refractivity contribution is 6.33. The summed E-state index contributed by atoms with van der Waals surface area (Å²) in [5.41, 5.74) is -4.02. The molecule has 0 aliphatic heterocycles. The van der Waals surface area contributed by atoms with Crippen LogP contribution in [0.3, 0.4) is 0 Å². The van der Waals surface area contributed by atoms with E-state index in [9.17, 15) is 30.7 Å². The molecule has 0 heterocycles. The molecule has 0 aromatic heterocycles. The number of ether oxygens (including phenoxy) is 1. The summed E-state index contributed by atoms with van der Waals surface area (Å²) >= 11 is 8.67. The van der Waals surface area contributed by atoms with Crippen LogP contribution in [0.4, 0.5) is 30.7 Å². The Bertz CT molecular complexity index is 467. The molecule has 11 heteroatoms. The van der Waals surface area contributed by atoms with Crippen LogP contribution in [0.15, 0.2) is 0 Å². The summed E-state index contributed by atoms with van der Waals surface area (Å²) < 4.78 is 101. The molecule has 25 heavy (non-hydrogen) atoms. The predicted octanol–water partition coefficient (Wildman–Crippen LogP) is 5.38.